The first-order chi connectivity index (χ1) is 9.15. The zero-order valence-electron chi connectivity index (χ0n) is 9.99. The molecule has 0 heterocycles. The van der Waals surface area contributed by atoms with Gasteiger partial charge in [-0.3, -0.25) is 0 Å². The van der Waals surface area contributed by atoms with E-state index < -0.39 is 0 Å². The number of rotatable bonds is 3. The van der Waals surface area contributed by atoms with Crippen molar-refractivity contribution in [3.05, 3.63) is 64.4 Å². The monoisotopic (exact) mass is 322 g/mol. The lowest BCUT2D eigenvalue weighted by Crippen LogP contribution is -2.28. The van der Waals surface area contributed by atoms with Crippen LogP contribution < -0.4 is 10.6 Å². The number of halogens is 2. The Labute approximate surface area is 119 Å². The molecule has 2 rings (SSSR count). The van der Waals surface area contributed by atoms with Crippen LogP contribution >= 0.6 is 15.9 Å². The summed E-state index contributed by atoms with van der Waals surface area (Å²) in [6.45, 7) is 0.137. The van der Waals surface area contributed by atoms with Gasteiger partial charge in [-0.2, -0.15) is 0 Å². The summed E-state index contributed by atoms with van der Waals surface area (Å²) in [5.41, 5.74) is 1.13. The highest BCUT2D eigenvalue weighted by Crippen LogP contribution is 2.15. The minimum atomic E-state index is -0.367. The lowest BCUT2D eigenvalue weighted by atomic mass is 10.2. The standard InChI is InChI=1S/C14H12BrFN2O/c15-11-7-6-10(13(16)8-11)9-17-14(19)18-12-4-2-1-3-5-12/h1-8H,9H2,(H2,17,18,19). The van der Waals surface area contributed by atoms with E-state index in [1.165, 1.54) is 6.07 Å². The topological polar surface area (TPSA) is 41.1 Å². The Balaban J connectivity index is 1.90. The first kappa shape index (κ1) is 13.5. The molecule has 0 aromatic heterocycles. The molecule has 0 radical (unpaired) electrons. The summed E-state index contributed by atoms with van der Waals surface area (Å²) in [4.78, 5) is 11.6. The average molecular weight is 323 g/mol. The number of anilines is 1. The van der Waals surface area contributed by atoms with E-state index in [4.69, 9.17) is 0 Å². The van der Waals surface area contributed by atoms with Crippen LogP contribution in [0.4, 0.5) is 14.9 Å². The predicted molar refractivity (Wildman–Crippen MR) is 76.4 cm³/mol. The molecule has 0 fully saturated rings. The van der Waals surface area contributed by atoms with Gasteiger partial charge in [-0.25, -0.2) is 9.18 Å². The van der Waals surface area contributed by atoms with Gasteiger partial charge in [0.05, 0.1) is 0 Å². The van der Waals surface area contributed by atoms with Crippen molar-refractivity contribution in [2.75, 3.05) is 5.32 Å². The van der Waals surface area contributed by atoms with Crippen molar-refractivity contribution in [2.24, 2.45) is 0 Å². The molecule has 0 aliphatic rings. The van der Waals surface area contributed by atoms with E-state index in [2.05, 4.69) is 26.6 Å². The van der Waals surface area contributed by atoms with Crippen molar-refractivity contribution in [1.29, 1.82) is 0 Å². The smallest absolute Gasteiger partial charge is 0.319 e. The van der Waals surface area contributed by atoms with Crippen LogP contribution in [0.15, 0.2) is 53.0 Å². The van der Waals surface area contributed by atoms with Gasteiger partial charge < -0.3 is 10.6 Å². The lowest BCUT2D eigenvalue weighted by Gasteiger charge is -2.08. The maximum absolute atomic E-state index is 13.5. The Bertz CT molecular complexity index is 575. The Hall–Kier alpha value is -1.88. The first-order valence-electron chi connectivity index (χ1n) is 5.69. The normalized spacial score (nSPS) is 10.0. The third kappa shape index (κ3) is 4.06. The predicted octanol–water partition coefficient (Wildman–Crippen LogP) is 3.91. The molecule has 0 atom stereocenters. The number of benzene rings is 2. The molecule has 19 heavy (non-hydrogen) atoms. The van der Waals surface area contributed by atoms with Gasteiger partial charge in [0.2, 0.25) is 0 Å². The van der Waals surface area contributed by atoms with Crippen molar-refractivity contribution in [1.82, 2.24) is 5.32 Å². The van der Waals surface area contributed by atoms with Crippen LogP contribution in [-0.4, -0.2) is 6.03 Å². The Morgan fingerprint density at radius 1 is 1.16 bits per heavy atom. The second-order valence-corrected chi connectivity index (χ2v) is 4.83. The van der Waals surface area contributed by atoms with E-state index in [0.717, 1.165) is 0 Å². The number of nitrogens with one attached hydrogen (secondary N) is 2. The summed E-state index contributed by atoms with van der Waals surface area (Å²) >= 11 is 3.18. The van der Waals surface area contributed by atoms with Crippen LogP contribution in [0.3, 0.4) is 0 Å². The molecule has 2 aromatic rings. The molecule has 2 amide bonds. The molecule has 0 saturated heterocycles. The number of carbonyl (C=O) groups excluding carboxylic acids is 1. The van der Waals surface area contributed by atoms with Crippen molar-refractivity contribution in [2.45, 2.75) is 6.54 Å². The minimum absolute atomic E-state index is 0.137. The van der Waals surface area contributed by atoms with Gasteiger partial charge in [0, 0.05) is 22.3 Å². The van der Waals surface area contributed by atoms with Gasteiger partial charge in [0.15, 0.2) is 0 Å². The number of carbonyl (C=O) groups is 1. The molecular formula is C14H12BrFN2O. The molecule has 5 heteroatoms. The SMILES string of the molecule is O=C(NCc1ccc(Br)cc1F)Nc1ccccc1. The minimum Gasteiger partial charge on any atom is -0.334 e. The highest BCUT2D eigenvalue weighted by molar-refractivity contribution is 9.10. The number of hydrogen-bond acceptors (Lipinski definition) is 1. The zero-order chi connectivity index (χ0) is 13.7. The van der Waals surface area contributed by atoms with Crippen LogP contribution in [0.1, 0.15) is 5.56 Å². The number of para-hydroxylation sites is 1. The van der Waals surface area contributed by atoms with Crippen LogP contribution in [0.5, 0.6) is 0 Å². The van der Waals surface area contributed by atoms with Crippen molar-refractivity contribution >= 4 is 27.6 Å². The Kier molecular flexibility index (Phi) is 4.52. The molecule has 0 aliphatic heterocycles. The molecule has 0 spiro atoms. The summed E-state index contributed by atoms with van der Waals surface area (Å²) in [5, 5.41) is 5.26. The highest BCUT2D eigenvalue weighted by atomic mass is 79.9. The van der Waals surface area contributed by atoms with Gasteiger partial charge >= 0.3 is 6.03 Å². The molecule has 0 bridgehead atoms. The number of amides is 2. The van der Waals surface area contributed by atoms with Gasteiger partial charge in [0.1, 0.15) is 5.82 Å². The van der Waals surface area contributed by atoms with Crippen LogP contribution in [-0.2, 0) is 6.54 Å². The maximum atomic E-state index is 13.5. The fraction of sp³-hybridized carbons (Fsp3) is 0.0714. The zero-order valence-corrected chi connectivity index (χ0v) is 11.6. The van der Waals surface area contributed by atoms with Gasteiger partial charge in [0.25, 0.3) is 0 Å². The average Bonchev–Trinajstić information content (AvgIpc) is 2.39. The molecule has 3 nitrogen and oxygen atoms in total. The quantitative estimate of drug-likeness (QED) is 0.883. The van der Waals surface area contributed by atoms with Crippen molar-refractivity contribution in [3.8, 4) is 0 Å². The van der Waals surface area contributed by atoms with E-state index in [-0.39, 0.29) is 18.4 Å². The summed E-state index contributed by atoms with van der Waals surface area (Å²) in [7, 11) is 0. The fourth-order valence-electron chi connectivity index (χ4n) is 1.54. The third-order valence-electron chi connectivity index (χ3n) is 2.49. The molecule has 98 valence electrons. The fourth-order valence-corrected chi connectivity index (χ4v) is 1.87. The maximum Gasteiger partial charge on any atom is 0.319 e. The molecule has 0 unspecified atom stereocenters. The molecule has 0 aliphatic carbocycles. The second kappa shape index (κ2) is 6.33. The first-order valence-corrected chi connectivity index (χ1v) is 6.48. The van der Waals surface area contributed by atoms with Gasteiger partial charge in [-0.1, -0.05) is 40.2 Å². The van der Waals surface area contributed by atoms with E-state index in [0.29, 0.717) is 15.7 Å². The summed E-state index contributed by atoms with van der Waals surface area (Å²) < 4.78 is 14.2. The number of urea groups is 1. The van der Waals surface area contributed by atoms with E-state index in [1.807, 2.05) is 18.2 Å². The van der Waals surface area contributed by atoms with Gasteiger partial charge in [-0.05, 0) is 24.3 Å². The van der Waals surface area contributed by atoms with E-state index >= 15 is 0 Å². The molecule has 0 saturated carbocycles. The van der Waals surface area contributed by atoms with E-state index in [9.17, 15) is 9.18 Å². The second-order valence-electron chi connectivity index (χ2n) is 3.91. The molecular weight excluding hydrogens is 311 g/mol. The van der Waals surface area contributed by atoms with Crippen LogP contribution in [0, 0.1) is 5.82 Å². The third-order valence-corrected chi connectivity index (χ3v) is 2.98. The van der Waals surface area contributed by atoms with E-state index in [1.54, 1.807) is 24.3 Å². The number of hydrogen-bond donors (Lipinski definition) is 2. The highest BCUT2D eigenvalue weighted by Gasteiger charge is 2.05. The Morgan fingerprint density at radius 3 is 2.58 bits per heavy atom. The molecule has 2 N–H and O–H groups in total. The van der Waals surface area contributed by atoms with Crippen molar-refractivity contribution in [3.63, 3.8) is 0 Å². The van der Waals surface area contributed by atoms with Crippen LogP contribution in [0.2, 0.25) is 0 Å². The molecule has 2 aromatic carbocycles. The van der Waals surface area contributed by atoms with Gasteiger partial charge in [-0.15, -0.1) is 0 Å². The lowest BCUT2D eigenvalue weighted by molar-refractivity contribution is 0.251. The summed E-state index contributed by atoms with van der Waals surface area (Å²) in [6.07, 6.45) is 0. The summed E-state index contributed by atoms with van der Waals surface area (Å²) in [5.74, 6) is -0.352. The Morgan fingerprint density at radius 2 is 1.89 bits per heavy atom. The summed E-state index contributed by atoms with van der Waals surface area (Å²) in [6, 6.07) is 13.4. The van der Waals surface area contributed by atoms with Crippen molar-refractivity contribution < 1.29 is 9.18 Å². The largest absolute Gasteiger partial charge is 0.334 e. The van der Waals surface area contributed by atoms with Crippen LogP contribution in [0.25, 0.3) is 0 Å².